The zero-order chi connectivity index (χ0) is 23.5. The van der Waals surface area contributed by atoms with Crippen LogP contribution in [-0.2, 0) is 27.1 Å². The van der Waals surface area contributed by atoms with Crippen molar-refractivity contribution < 1.29 is 24.2 Å². The van der Waals surface area contributed by atoms with Crippen LogP contribution >= 0.6 is 0 Å². The number of aromatic nitrogens is 1. The number of amides is 2. The van der Waals surface area contributed by atoms with Crippen molar-refractivity contribution >= 4 is 11.8 Å². The van der Waals surface area contributed by atoms with E-state index in [4.69, 9.17) is 9.47 Å². The van der Waals surface area contributed by atoms with Crippen LogP contribution in [0.2, 0.25) is 0 Å². The molecule has 2 amide bonds. The average Bonchev–Trinajstić information content (AvgIpc) is 3.24. The third kappa shape index (κ3) is 5.14. The lowest BCUT2D eigenvalue weighted by Crippen LogP contribution is -2.57. The van der Waals surface area contributed by atoms with E-state index >= 15 is 0 Å². The number of aliphatic hydroxyl groups excluding tert-OH is 1. The number of nitrogens with one attached hydrogen (secondary N) is 1. The summed E-state index contributed by atoms with van der Waals surface area (Å²) >= 11 is 0. The van der Waals surface area contributed by atoms with E-state index in [0.29, 0.717) is 18.4 Å². The zero-order valence-electron chi connectivity index (χ0n) is 19.1. The molecule has 2 fully saturated rings. The van der Waals surface area contributed by atoms with Gasteiger partial charge in [-0.25, -0.2) is 0 Å². The van der Waals surface area contributed by atoms with E-state index in [1.165, 1.54) is 17.3 Å². The SMILES string of the molecule is O=C(C[C@@H]1CC[C@H]2[C@@H](COC[C@@H](O)CN2C(=O)c2cccnc2)O1)NC1Cc2ccccc2C1. The number of hydrogen-bond acceptors (Lipinski definition) is 6. The molecule has 8 nitrogen and oxygen atoms in total. The molecule has 3 heterocycles. The predicted octanol–water partition coefficient (Wildman–Crippen LogP) is 1.50. The number of rotatable bonds is 4. The number of benzene rings is 1. The topological polar surface area (TPSA) is 101 Å². The van der Waals surface area contributed by atoms with Crippen molar-refractivity contribution in [1.29, 1.82) is 0 Å². The quantitative estimate of drug-likeness (QED) is 0.710. The van der Waals surface area contributed by atoms with Crippen LogP contribution in [0, 0.1) is 0 Å². The van der Waals surface area contributed by atoms with Gasteiger partial charge in [0.05, 0.1) is 43.4 Å². The Kier molecular flexibility index (Phi) is 6.89. The van der Waals surface area contributed by atoms with Crippen LogP contribution in [-0.4, -0.2) is 77.0 Å². The van der Waals surface area contributed by atoms with Gasteiger partial charge >= 0.3 is 0 Å². The fourth-order valence-corrected chi connectivity index (χ4v) is 5.38. The smallest absolute Gasteiger partial charge is 0.255 e. The standard InChI is InChI=1S/C26H31N3O5/c30-21-14-29(26(32)19-6-3-9-27-13-19)23-8-7-22(34-24(23)16-33-15-21)12-25(31)28-20-10-17-4-1-2-5-18(17)11-20/h1-6,9,13,20-24,30H,7-8,10-12,14-16H2,(H,28,31)/t21-,22-,23-,24+/m0/s1. The Balaban J connectivity index is 1.20. The lowest BCUT2D eigenvalue weighted by Gasteiger charge is -2.44. The van der Waals surface area contributed by atoms with Crippen molar-refractivity contribution in [3.05, 3.63) is 65.5 Å². The molecule has 0 spiro atoms. The van der Waals surface area contributed by atoms with E-state index in [2.05, 4.69) is 22.4 Å². The van der Waals surface area contributed by atoms with E-state index in [1.54, 1.807) is 23.2 Å². The number of carbonyl (C=O) groups is 2. The monoisotopic (exact) mass is 465 g/mol. The van der Waals surface area contributed by atoms with E-state index in [1.807, 2.05) is 12.1 Å². The highest BCUT2D eigenvalue weighted by molar-refractivity contribution is 5.94. The molecule has 2 aliphatic heterocycles. The number of carbonyl (C=O) groups excluding carboxylic acids is 2. The molecule has 3 aliphatic rings. The van der Waals surface area contributed by atoms with Gasteiger partial charge < -0.3 is 24.8 Å². The highest BCUT2D eigenvalue weighted by atomic mass is 16.5. The Hall–Kier alpha value is -2.81. The lowest BCUT2D eigenvalue weighted by atomic mass is 9.94. The van der Waals surface area contributed by atoms with E-state index in [0.717, 1.165) is 12.8 Å². The van der Waals surface area contributed by atoms with Gasteiger partial charge in [-0.05, 0) is 48.9 Å². The Bertz CT molecular complexity index is 992. The van der Waals surface area contributed by atoms with Crippen molar-refractivity contribution in [3.8, 4) is 0 Å². The van der Waals surface area contributed by atoms with Crippen LogP contribution in [0.5, 0.6) is 0 Å². The number of ether oxygens (including phenoxy) is 2. The first-order valence-corrected chi connectivity index (χ1v) is 12.0. The van der Waals surface area contributed by atoms with Gasteiger partial charge in [-0.15, -0.1) is 0 Å². The molecule has 5 rings (SSSR count). The summed E-state index contributed by atoms with van der Waals surface area (Å²) in [6.07, 6.45) is 5.17. The molecule has 34 heavy (non-hydrogen) atoms. The molecule has 2 saturated heterocycles. The second-order valence-electron chi connectivity index (χ2n) is 9.48. The predicted molar refractivity (Wildman–Crippen MR) is 124 cm³/mol. The van der Waals surface area contributed by atoms with E-state index in [-0.39, 0.29) is 62.3 Å². The first-order valence-electron chi connectivity index (χ1n) is 12.0. The molecule has 0 saturated carbocycles. The number of hydrogen-bond donors (Lipinski definition) is 2. The maximum absolute atomic E-state index is 13.2. The Morgan fingerprint density at radius 2 is 1.88 bits per heavy atom. The van der Waals surface area contributed by atoms with Gasteiger partial charge in [-0.2, -0.15) is 0 Å². The maximum atomic E-state index is 13.2. The zero-order valence-corrected chi connectivity index (χ0v) is 19.1. The Morgan fingerprint density at radius 1 is 1.09 bits per heavy atom. The molecule has 180 valence electrons. The van der Waals surface area contributed by atoms with Gasteiger partial charge in [-0.3, -0.25) is 14.6 Å². The summed E-state index contributed by atoms with van der Waals surface area (Å²) in [7, 11) is 0. The van der Waals surface area contributed by atoms with Gasteiger partial charge in [-0.1, -0.05) is 24.3 Å². The molecular weight excluding hydrogens is 434 g/mol. The second kappa shape index (κ2) is 10.2. The van der Waals surface area contributed by atoms with Gasteiger partial charge in [0.2, 0.25) is 5.91 Å². The van der Waals surface area contributed by atoms with Crippen molar-refractivity contribution in [2.75, 3.05) is 19.8 Å². The summed E-state index contributed by atoms with van der Waals surface area (Å²) in [5.41, 5.74) is 3.09. The van der Waals surface area contributed by atoms with Crippen molar-refractivity contribution in [2.24, 2.45) is 0 Å². The molecule has 0 radical (unpaired) electrons. The minimum Gasteiger partial charge on any atom is -0.389 e. The number of aliphatic hydroxyl groups is 1. The number of fused-ring (bicyclic) bond motifs is 2. The molecule has 2 N–H and O–H groups in total. The summed E-state index contributed by atoms with van der Waals surface area (Å²) in [5.74, 6) is -0.184. The summed E-state index contributed by atoms with van der Waals surface area (Å²) in [5, 5.41) is 13.5. The number of pyridine rings is 1. The van der Waals surface area contributed by atoms with Crippen LogP contribution in [0.25, 0.3) is 0 Å². The van der Waals surface area contributed by atoms with Crippen LogP contribution in [0.15, 0.2) is 48.8 Å². The Morgan fingerprint density at radius 3 is 2.62 bits per heavy atom. The lowest BCUT2D eigenvalue weighted by molar-refractivity contribution is -0.151. The molecule has 0 bridgehead atoms. The van der Waals surface area contributed by atoms with Gasteiger partial charge in [0.15, 0.2) is 0 Å². The van der Waals surface area contributed by atoms with Crippen LogP contribution in [0.3, 0.4) is 0 Å². The van der Waals surface area contributed by atoms with Crippen LogP contribution in [0.4, 0.5) is 0 Å². The molecule has 1 aromatic carbocycles. The first-order chi connectivity index (χ1) is 16.6. The second-order valence-corrected chi connectivity index (χ2v) is 9.48. The molecule has 0 unspecified atom stereocenters. The van der Waals surface area contributed by atoms with Crippen LogP contribution < -0.4 is 5.32 Å². The van der Waals surface area contributed by atoms with Crippen molar-refractivity contribution in [3.63, 3.8) is 0 Å². The first kappa shape index (κ1) is 23.0. The minimum atomic E-state index is -0.763. The molecule has 2 aromatic rings. The summed E-state index contributed by atoms with van der Waals surface area (Å²) in [4.78, 5) is 31.8. The van der Waals surface area contributed by atoms with E-state index < -0.39 is 6.10 Å². The highest BCUT2D eigenvalue weighted by Crippen LogP contribution is 2.29. The van der Waals surface area contributed by atoms with Crippen molar-refractivity contribution in [1.82, 2.24) is 15.2 Å². The average molecular weight is 466 g/mol. The largest absolute Gasteiger partial charge is 0.389 e. The van der Waals surface area contributed by atoms with E-state index in [9.17, 15) is 14.7 Å². The maximum Gasteiger partial charge on any atom is 0.255 e. The molecule has 8 heteroatoms. The fraction of sp³-hybridized carbons (Fsp3) is 0.500. The molecular formula is C26H31N3O5. The fourth-order valence-electron chi connectivity index (χ4n) is 5.38. The van der Waals surface area contributed by atoms with Crippen molar-refractivity contribution in [2.45, 2.75) is 62.5 Å². The molecule has 4 atom stereocenters. The molecule has 1 aliphatic carbocycles. The summed E-state index contributed by atoms with van der Waals surface area (Å²) < 4.78 is 12.0. The Labute approximate surface area is 199 Å². The highest BCUT2D eigenvalue weighted by Gasteiger charge is 2.40. The minimum absolute atomic E-state index is 0.00765. The summed E-state index contributed by atoms with van der Waals surface area (Å²) in [6, 6.07) is 11.7. The normalized spacial score (nSPS) is 27.3. The number of β-amino-alcohol motifs (C(OH)–C–C–N with tert-alkyl or cyclic N) is 1. The third-order valence-electron chi connectivity index (χ3n) is 6.98. The number of nitrogens with zero attached hydrogens (tertiary/aromatic N) is 2. The van der Waals surface area contributed by atoms with Crippen LogP contribution in [0.1, 0.15) is 40.7 Å². The van der Waals surface area contributed by atoms with Gasteiger partial charge in [0.25, 0.3) is 5.91 Å². The summed E-state index contributed by atoms with van der Waals surface area (Å²) in [6.45, 7) is 0.580. The van der Waals surface area contributed by atoms with Gasteiger partial charge in [0, 0.05) is 25.0 Å². The molecule has 1 aromatic heterocycles. The third-order valence-corrected chi connectivity index (χ3v) is 6.98. The van der Waals surface area contributed by atoms with Gasteiger partial charge in [0.1, 0.15) is 6.10 Å².